The topological polar surface area (TPSA) is 24.9 Å². The van der Waals surface area contributed by atoms with Gasteiger partial charge in [0.25, 0.3) is 0 Å². The van der Waals surface area contributed by atoms with E-state index in [0.29, 0.717) is 5.92 Å². The summed E-state index contributed by atoms with van der Waals surface area (Å²) in [6.45, 7) is 14.3. The van der Waals surface area contributed by atoms with Gasteiger partial charge in [-0.05, 0) is 36.3 Å². The van der Waals surface area contributed by atoms with E-state index in [1.165, 1.54) is 22.3 Å². The van der Waals surface area contributed by atoms with Gasteiger partial charge in [-0.2, -0.15) is 0 Å². The molecular formula is C19H28N2. The number of fused-ring (bicyclic) bond motifs is 1. The van der Waals surface area contributed by atoms with Crippen LogP contribution in [0.2, 0.25) is 0 Å². The number of rotatable bonds is 4. The third kappa shape index (κ3) is 3.55. The Morgan fingerprint density at radius 3 is 2.48 bits per heavy atom. The van der Waals surface area contributed by atoms with E-state index in [0.717, 1.165) is 18.5 Å². The standard InChI is InChI=1S/C19H28N2/c1-7-20-17-12-14(11-13(2)3)21-18-15(17)9-8-10-16(18)19(4,5)6/h8-10,12-13H,7,11H2,1-6H3,(H,20,21). The van der Waals surface area contributed by atoms with E-state index in [1.807, 2.05) is 0 Å². The first-order valence-electron chi connectivity index (χ1n) is 8.00. The van der Waals surface area contributed by atoms with E-state index in [1.54, 1.807) is 0 Å². The van der Waals surface area contributed by atoms with E-state index >= 15 is 0 Å². The Bertz CT molecular complexity index is 621. The van der Waals surface area contributed by atoms with E-state index in [2.05, 4.69) is 71.1 Å². The number of aromatic nitrogens is 1. The Balaban J connectivity index is 2.70. The maximum atomic E-state index is 4.98. The Morgan fingerprint density at radius 1 is 1.19 bits per heavy atom. The minimum absolute atomic E-state index is 0.104. The molecule has 0 radical (unpaired) electrons. The van der Waals surface area contributed by atoms with Crippen LogP contribution >= 0.6 is 0 Å². The Labute approximate surface area is 129 Å². The summed E-state index contributed by atoms with van der Waals surface area (Å²) in [6, 6.07) is 8.75. The minimum atomic E-state index is 0.104. The number of hydrogen-bond acceptors (Lipinski definition) is 2. The van der Waals surface area contributed by atoms with Crippen molar-refractivity contribution < 1.29 is 0 Å². The van der Waals surface area contributed by atoms with Crippen molar-refractivity contribution in [2.45, 2.75) is 53.4 Å². The van der Waals surface area contributed by atoms with Crippen LogP contribution in [-0.2, 0) is 11.8 Å². The average Bonchev–Trinajstić information content (AvgIpc) is 2.36. The van der Waals surface area contributed by atoms with Gasteiger partial charge in [-0.15, -0.1) is 0 Å². The molecule has 2 heteroatoms. The van der Waals surface area contributed by atoms with Crippen molar-refractivity contribution in [3.63, 3.8) is 0 Å². The first-order valence-corrected chi connectivity index (χ1v) is 8.00. The van der Waals surface area contributed by atoms with Crippen LogP contribution < -0.4 is 5.32 Å². The molecule has 0 atom stereocenters. The molecule has 1 aromatic carbocycles. The highest BCUT2D eigenvalue weighted by atomic mass is 14.9. The minimum Gasteiger partial charge on any atom is -0.385 e. The molecule has 1 N–H and O–H groups in total. The van der Waals surface area contributed by atoms with E-state index < -0.39 is 0 Å². The van der Waals surface area contributed by atoms with Gasteiger partial charge < -0.3 is 5.32 Å². The molecule has 0 saturated carbocycles. The lowest BCUT2D eigenvalue weighted by atomic mass is 9.85. The van der Waals surface area contributed by atoms with Crippen LogP contribution in [0, 0.1) is 5.92 Å². The van der Waals surface area contributed by atoms with Crippen molar-refractivity contribution in [1.82, 2.24) is 4.98 Å². The summed E-state index contributed by atoms with van der Waals surface area (Å²) in [5, 5.41) is 4.74. The fourth-order valence-electron chi connectivity index (χ4n) is 2.77. The summed E-state index contributed by atoms with van der Waals surface area (Å²) >= 11 is 0. The van der Waals surface area contributed by atoms with Crippen molar-refractivity contribution >= 4 is 16.6 Å². The number of para-hydroxylation sites is 1. The lowest BCUT2D eigenvalue weighted by Crippen LogP contribution is -2.13. The van der Waals surface area contributed by atoms with E-state index in [-0.39, 0.29) is 5.41 Å². The number of nitrogens with zero attached hydrogens (tertiary/aromatic N) is 1. The van der Waals surface area contributed by atoms with Crippen molar-refractivity contribution in [2.24, 2.45) is 5.92 Å². The lowest BCUT2D eigenvalue weighted by molar-refractivity contribution is 0.593. The van der Waals surface area contributed by atoms with Crippen molar-refractivity contribution in [2.75, 3.05) is 11.9 Å². The largest absolute Gasteiger partial charge is 0.385 e. The highest BCUT2D eigenvalue weighted by Gasteiger charge is 2.19. The Hall–Kier alpha value is -1.57. The van der Waals surface area contributed by atoms with Gasteiger partial charge in [0.15, 0.2) is 0 Å². The summed E-state index contributed by atoms with van der Waals surface area (Å²) in [5.74, 6) is 0.617. The summed E-state index contributed by atoms with van der Waals surface area (Å²) in [4.78, 5) is 4.98. The van der Waals surface area contributed by atoms with Crippen molar-refractivity contribution in [1.29, 1.82) is 0 Å². The van der Waals surface area contributed by atoms with E-state index in [9.17, 15) is 0 Å². The highest BCUT2D eigenvalue weighted by Crippen LogP contribution is 2.33. The molecule has 0 spiro atoms. The van der Waals surface area contributed by atoms with Crippen LogP contribution in [0.15, 0.2) is 24.3 Å². The second-order valence-electron chi connectivity index (χ2n) is 7.24. The summed E-state index contributed by atoms with van der Waals surface area (Å²) in [5.41, 5.74) is 4.98. The summed E-state index contributed by atoms with van der Waals surface area (Å²) in [7, 11) is 0. The van der Waals surface area contributed by atoms with Crippen LogP contribution in [0.4, 0.5) is 5.69 Å². The molecule has 0 amide bonds. The first kappa shape index (κ1) is 15.8. The van der Waals surface area contributed by atoms with Gasteiger partial charge in [-0.1, -0.05) is 52.8 Å². The van der Waals surface area contributed by atoms with Crippen molar-refractivity contribution in [3.8, 4) is 0 Å². The molecule has 2 nitrogen and oxygen atoms in total. The van der Waals surface area contributed by atoms with E-state index in [4.69, 9.17) is 4.98 Å². The zero-order valence-electron chi connectivity index (χ0n) is 14.2. The lowest BCUT2D eigenvalue weighted by Gasteiger charge is -2.22. The normalized spacial score (nSPS) is 12.1. The molecule has 1 heterocycles. The molecule has 0 aliphatic heterocycles. The molecule has 114 valence electrons. The van der Waals surface area contributed by atoms with Crippen LogP contribution in [0.25, 0.3) is 10.9 Å². The van der Waals surface area contributed by atoms with Crippen LogP contribution in [0.5, 0.6) is 0 Å². The number of pyridine rings is 1. The molecule has 0 aliphatic carbocycles. The van der Waals surface area contributed by atoms with Gasteiger partial charge >= 0.3 is 0 Å². The fraction of sp³-hybridized carbons (Fsp3) is 0.526. The van der Waals surface area contributed by atoms with Gasteiger partial charge in [0.1, 0.15) is 0 Å². The molecule has 21 heavy (non-hydrogen) atoms. The summed E-state index contributed by atoms with van der Waals surface area (Å²) < 4.78 is 0. The van der Waals surface area contributed by atoms with Gasteiger partial charge in [0.05, 0.1) is 5.52 Å². The Kier molecular flexibility index (Phi) is 4.55. The third-order valence-corrected chi connectivity index (χ3v) is 3.69. The van der Waals surface area contributed by atoms with Gasteiger partial charge in [0.2, 0.25) is 0 Å². The van der Waals surface area contributed by atoms with Gasteiger partial charge in [0, 0.05) is 23.3 Å². The highest BCUT2D eigenvalue weighted by molar-refractivity contribution is 5.94. The first-order chi connectivity index (χ1) is 9.82. The Morgan fingerprint density at radius 2 is 1.90 bits per heavy atom. The smallest absolute Gasteiger partial charge is 0.0763 e. The number of nitrogens with one attached hydrogen (secondary N) is 1. The second kappa shape index (κ2) is 6.05. The average molecular weight is 284 g/mol. The molecule has 0 bridgehead atoms. The molecule has 2 aromatic rings. The van der Waals surface area contributed by atoms with Gasteiger partial charge in [-0.3, -0.25) is 4.98 Å². The maximum Gasteiger partial charge on any atom is 0.0763 e. The van der Waals surface area contributed by atoms with Crippen LogP contribution in [0.3, 0.4) is 0 Å². The second-order valence-corrected chi connectivity index (χ2v) is 7.24. The molecule has 2 rings (SSSR count). The number of benzene rings is 1. The zero-order valence-corrected chi connectivity index (χ0v) is 14.2. The number of hydrogen-bond donors (Lipinski definition) is 1. The zero-order chi connectivity index (χ0) is 15.6. The predicted octanol–water partition coefficient (Wildman–Crippen LogP) is 5.16. The van der Waals surface area contributed by atoms with Crippen LogP contribution in [-0.4, -0.2) is 11.5 Å². The third-order valence-electron chi connectivity index (χ3n) is 3.69. The van der Waals surface area contributed by atoms with Crippen LogP contribution in [0.1, 0.15) is 52.8 Å². The molecule has 0 unspecified atom stereocenters. The fourth-order valence-corrected chi connectivity index (χ4v) is 2.77. The number of anilines is 1. The summed E-state index contributed by atoms with van der Waals surface area (Å²) in [6.07, 6.45) is 1.02. The molecule has 0 fully saturated rings. The van der Waals surface area contributed by atoms with Gasteiger partial charge in [-0.25, -0.2) is 0 Å². The molecular weight excluding hydrogens is 256 g/mol. The predicted molar refractivity (Wildman–Crippen MR) is 93.1 cm³/mol. The monoisotopic (exact) mass is 284 g/mol. The van der Waals surface area contributed by atoms with Crippen molar-refractivity contribution in [3.05, 3.63) is 35.5 Å². The molecule has 1 aromatic heterocycles. The SMILES string of the molecule is CCNc1cc(CC(C)C)nc2c(C(C)(C)C)cccc12. The quantitative estimate of drug-likeness (QED) is 0.838. The maximum absolute atomic E-state index is 4.98. The molecule has 0 aliphatic rings. The molecule has 0 saturated heterocycles.